The van der Waals surface area contributed by atoms with E-state index in [4.69, 9.17) is 14.3 Å². The Morgan fingerprint density at radius 3 is 2.59 bits per heavy atom. The lowest BCUT2D eigenvalue weighted by molar-refractivity contribution is -0.137. The van der Waals surface area contributed by atoms with Gasteiger partial charge in [0.25, 0.3) is 0 Å². The summed E-state index contributed by atoms with van der Waals surface area (Å²) >= 11 is 0. The van der Waals surface area contributed by atoms with Gasteiger partial charge in [0.2, 0.25) is 0 Å². The molecule has 0 saturated carbocycles. The van der Waals surface area contributed by atoms with Crippen molar-refractivity contribution in [3.8, 4) is 5.75 Å². The van der Waals surface area contributed by atoms with Gasteiger partial charge in [-0.3, -0.25) is 4.79 Å². The highest BCUT2D eigenvalue weighted by atomic mass is 16.5. The minimum absolute atomic E-state index is 0.0526. The molecule has 0 unspecified atom stereocenters. The van der Waals surface area contributed by atoms with Crippen LogP contribution >= 0.6 is 0 Å². The van der Waals surface area contributed by atoms with E-state index in [-0.39, 0.29) is 18.7 Å². The van der Waals surface area contributed by atoms with E-state index in [1.807, 2.05) is 56.3 Å². The molecule has 3 aromatic rings. The number of ether oxygens (including phenoxy) is 1. The van der Waals surface area contributed by atoms with Crippen LogP contribution in [0.3, 0.4) is 0 Å². The van der Waals surface area contributed by atoms with Crippen LogP contribution in [-0.4, -0.2) is 17.7 Å². The standard InChI is InChI=1S/C22H22O5/c1-14-11-18(26-10-6-9-20(23)24)21-15(2)17(22(25)27-19(21)12-14)13-16-7-4-3-5-8-16/h3-5,7-8,11-12H,6,9-10,13H2,1-2H3,(H,23,24). The van der Waals surface area contributed by atoms with E-state index in [0.717, 1.165) is 22.1 Å². The zero-order valence-corrected chi connectivity index (χ0v) is 15.5. The van der Waals surface area contributed by atoms with Crippen LogP contribution in [-0.2, 0) is 11.2 Å². The molecule has 0 fully saturated rings. The molecule has 0 amide bonds. The van der Waals surface area contributed by atoms with Crippen LogP contribution in [0.25, 0.3) is 11.0 Å². The number of carboxylic acids is 1. The Labute approximate surface area is 157 Å². The molecular formula is C22H22O5. The topological polar surface area (TPSA) is 76.7 Å². The number of aryl methyl sites for hydroxylation is 2. The fraction of sp³-hybridized carbons (Fsp3) is 0.273. The van der Waals surface area contributed by atoms with Crippen LogP contribution in [0.5, 0.6) is 5.75 Å². The van der Waals surface area contributed by atoms with Gasteiger partial charge in [-0.15, -0.1) is 0 Å². The summed E-state index contributed by atoms with van der Waals surface area (Å²) in [4.78, 5) is 23.2. The molecule has 1 aromatic heterocycles. The summed E-state index contributed by atoms with van der Waals surface area (Å²) in [6.45, 7) is 4.09. The summed E-state index contributed by atoms with van der Waals surface area (Å²) in [5, 5.41) is 9.54. The molecule has 3 rings (SSSR count). The summed E-state index contributed by atoms with van der Waals surface area (Å²) in [6, 6.07) is 13.5. The van der Waals surface area contributed by atoms with E-state index in [1.54, 1.807) is 0 Å². The fourth-order valence-corrected chi connectivity index (χ4v) is 3.16. The second kappa shape index (κ2) is 8.08. The zero-order chi connectivity index (χ0) is 19.4. The largest absolute Gasteiger partial charge is 0.493 e. The first-order valence-corrected chi connectivity index (χ1v) is 8.91. The number of benzene rings is 2. The van der Waals surface area contributed by atoms with E-state index in [9.17, 15) is 9.59 Å². The highest BCUT2D eigenvalue weighted by molar-refractivity contribution is 5.88. The third-order valence-electron chi connectivity index (χ3n) is 4.50. The maximum atomic E-state index is 12.5. The molecule has 0 atom stereocenters. The molecule has 0 radical (unpaired) electrons. The highest BCUT2D eigenvalue weighted by Gasteiger charge is 2.16. The summed E-state index contributed by atoms with van der Waals surface area (Å²) < 4.78 is 11.4. The van der Waals surface area contributed by atoms with E-state index in [2.05, 4.69) is 0 Å². The molecule has 0 aliphatic carbocycles. The lowest BCUT2D eigenvalue weighted by Gasteiger charge is -2.14. The van der Waals surface area contributed by atoms with E-state index in [1.165, 1.54) is 0 Å². The summed E-state index contributed by atoms with van der Waals surface area (Å²) in [5.74, 6) is -0.231. The van der Waals surface area contributed by atoms with Gasteiger partial charge < -0.3 is 14.3 Å². The average Bonchev–Trinajstić information content (AvgIpc) is 2.62. The van der Waals surface area contributed by atoms with Crippen molar-refractivity contribution in [1.82, 2.24) is 0 Å². The van der Waals surface area contributed by atoms with E-state index >= 15 is 0 Å². The van der Waals surface area contributed by atoms with Crippen LogP contribution in [0.4, 0.5) is 0 Å². The van der Waals surface area contributed by atoms with Gasteiger partial charge in [-0.25, -0.2) is 4.79 Å². The van der Waals surface area contributed by atoms with Crippen LogP contribution in [0.15, 0.2) is 51.7 Å². The number of hydrogen-bond acceptors (Lipinski definition) is 4. The molecule has 0 spiro atoms. The summed E-state index contributed by atoms with van der Waals surface area (Å²) in [5.41, 5.74) is 3.53. The SMILES string of the molecule is Cc1cc(OCCCC(=O)O)c2c(C)c(Cc3ccccc3)c(=O)oc2c1. The highest BCUT2D eigenvalue weighted by Crippen LogP contribution is 2.31. The van der Waals surface area contributed by atoms with E-state index in [0.29, 0.717) is 29.7 Å². The predicted molar refractivity (Wildman–Crippen MR) is 104 cm³/mol. The Morgan fingerprint density at radius 2 is 1.89 bits per heavy atom. The van der Waals surface area contributed by atoms with E-state index < -0.39 is 5.97 Å². The Bertz CT molecular complexity index is 1020. The van der Waals surface area contributed by atoms with Crippen molar-refractivity contribution in [1.29, 1.82) is 0 Å². The lowest BCUT2D eigenvalue weighted by Crippen LogP contribution is -2.12. The second-order valence-corrected chi connectivity index (χ2v) is 6.64. The maximum Gasteiger partial charge on any atom is 0.340 e. The first-order valence-electron chi connectivity index (χ1n) is 8.91. The Kier molecular flexibility index (Phi) is 5.60. The monoisotopic (exact) mass is 366 g/mol. The van der Waals surface area contributed by atoms with Crippen LogP contribution in [0.2, 0.25) is 0 Å². The number of fused-ring (bicyclic) bond motifs is 1. The molecule has 1 N–H and O–H groups in total. The van der Waals surface area contributed by atoms with Crippen LogP contribution in [0, 0.1) is 13.8 Å². The van der Waals surface area contributed by atoms with Crippen molar-refractivity contribution in [2.75, 3.05) is 6.61 Å². The molecule has 5 heteroatoms. The lowest BCUT2D eigenvalue weighted by atomic mass is 9.98. The number of aliphatic carboxylic acids is 1. The number of carbonyl (C=O) groups is 1. The maximum absolute atomic E-state index is 12.5. The Balaban J connectivity index is 2.01. The van der Waals surface area contributed by atoms with Gasteiger partial charge in [-0.05, 0) is 49.1 Å². The molecule has 140 valence electrons. The van der Waals surface area contributed by atoms with Crippen molar-refractivity contribution >= 4 is 16.9 Å². The van der Waals surface area contributed by atoms with Crippen molar-refractivity contribution in [3.05, 3.63) is 75.1 Å². The molecule has 0 bridgehead atoms. The van der Waals surface area contributed by atoms with Gasteiger partial charge in [0.1, 0.15) is 11.3 Å². The molecule has 1 heterocycles. The first kappa shape index (κ1) is 18.7. The smallest absolute Gasteiger partial charge is 0.340 e. The average molecular weight is 366 g/mol. The van der Waals surface area contributed by atoms with Crippen molar-refractivity contribution in [3.63, 3.8) is 0 Å². The second-order valence-electron chi connectivity index (χ2n) is 6.64. The van der Waals surface area contributed by atoms with Gasteiger partial charge in [0.05, 0.1) is 12.0 Å². The minimum Gasteiger partial charge on any atom is -0.493 e. The van der Waals surface area contributed by atoms with Crippen molar-refractivity contribution in [2.45, 2.75) is 33.1 Å². The van der Waals surface area contributed by atoms with Crippen LogP contribution < -0.4 is 10.4 Å². The number of carboxylic acid groups (broad SMARTS) is 1. The molecule has 27 heavy (non-hydrogen) atoms. The number of hydrogen-bond donors (Lipinski definition) is 1. The van der Waals surface area contributed by atoms with Gasteiger partial charge in [-0.2, -0.15) is 0 Å². The molecule has 0 aliphatic heterocycles. The summed E-state index contributed by atoms with van der Waals surface area (Å²) in [7, 11) is 0. The molecule has 0 saturated heterocycles. The van der Waals surface area contributed by atoms with Crippen LogP contribution in [0.1, 0.15) is 35.1 Å². The van der Waals surface area contributed by atoms with Gasteiger partial charge in [-0.1, -0.05) is 30.3 Å². The Hall–Kier alpha value is -3.08. The van der Waals surface area contributed by atoms with Gasteiger partial charge >= 0.3 is 11.6 Å². The Morgan fingerprint density at radius 1 is 1.15 bits per heavy atom. The predicted octanol–water partition coefficient (Wildman–Crippen LogP) is 4.24. The summed E-state index contributed by atoms with van der Waals surface area (Å²) in [6.07, 6.45) is 0.950. The molecular weight excluding hydrogens is 344 g/mol. The third-order valence-corrected chi connectivity index (χ3v) is 4.50. The molecule has 5 nitrogen and oxygen atoms in total. The third kappa shape index (κ3) is 4.37. The first-order chi connectivity index (χ1) is 13.0. The minimum atomic E-state index is -0.847. The zero-order valence-electron chi connectivity index (χ0n) is 15.5. The number of rotatable bonds is 7. The molecule has 2 aromatic carbocycles. The normalized spacial score (nSPS) is 10.9. The molecule has 0 aliphatic rings. The fourth-order valence-electron chi connectivity index (χ4n) is 3.16. The van der Waals surface area contributed by atoms with Gasteiger partial charge in [0, 0.05) is 18.4 Å². The van der Waals surface area contributed by atoms with Crippen molar-refractivity contribution < 1.29 is 19.1 Å². The van der Waals surface area contributed by atoms with Gasteiger partial charge in [0.15, 0.2) is 0 Å². The van der Waals surface area contributed by atoms with Crippen molar-refractivity contribution in [2.24, 2.45) is 0 Å². The quantitative estimate of drug-likeness (QED) is 0.500.